The number of hydrogen-bond donors (Lipinski definition) is 1. The number of carbonyl (C=O) groups excluding carboxylic acids is 4. The molecule has 5 amide bonds. The molecule has 2 aliphatic carbocycles. The second kappa shape index (κ2) is 7.04. The molecule has 3 fully saturated rings. The van der Waals surface area contributed by atoms with Gasteiger partial charge in [0, 0.05) is 11.7 Å². The number of rotatable bonds is 5. The number of imide groups is 2. The maximum Gasteiger partial charge on any atom is 0.334 e. The summed E-state index contributed by atoms with van der Waals surface area (Å²) in [5.41, 5.74) is 1.56. The van der Waals surface area contributed by atoms with Crippen LogP contribution in [0.2, 0.25) is 0 Å². The zero-order chi connectivity index (χ0) is 20.0. The molecule has 0 radical (unpaired) electrons. The molecule has 1 heterocycles. The Bertz CT molecular complexity index is 852. The van der Waals surface area contributed by atoms with Crippen LogP contribution in [0.4, 0.5) is 10.5 Å². The molecule has 2 bridgehead atoms. The quantitative estimate of drug-likeness (QED) is 0.625. The summed E-state index contributed by atoms with van der Waals surface area (Å²) in [5, 5.41) is 2.67. The Balaban J connectivity index is 1.44. The summed E-state index contributed by atoms with van der Waals surface area (Å²) in [6.07, 6.45) is 4.51. The Morgan fingerprint density at radius 3 is 2.61 bits per heavy atom. The third-order valence-corrected chi connectivity index (χ3v) is 6.51. The largest absolute Gasteiger partial charge is 0.334 e. The average Bonchev–Trinajstić information content (AvgIpc) is 3.33. The van der Waals surface area contributed by atoms with Crippen LogP contribution in [-0.2, 0) is 14.4 Å². The third kappa shape index (κ3) is 3.19. The van der Waals surface area contributed by atoms with Crippen molar-refractivity contribution in [3.8, 4) is 0 Å². The van der Waals surface area contributed by atoms with Gasteiger partial charge in [-0.1, -0.05) is 18.6 Å². The molecule has 0 unspecified atom stereocenters. The molecule has 2 saturated carbocycles. The summed E-state index contributed by atoms with van der Waals surface area (Å²) in [6, 6.07) is 6.23. The lowest BCUT2D eigenvalue weighted by Crippen LogP contribution is -2.45. The van der Waals surface area contributed by atoms with E-state index in [-0.39, 0.29) is 12.0 Å². The number of fused-ring (bicyclic) bond motifs is 2. The first-order valence-corrected chi connectivity index (χ1v) is 9.90. The third-order valence-electron chi connectivity index (χ3n) is 6.51. The normalized spacial score (nSPS) is 27.6. The molecular formula is C21H25N3O4. The van der Waals surface area contributed by atoms with Gasteiger partial charge in [-0.15, -0.1) is 0 Å². The van der Waals surface area contributed by atoms with Crippen LogP contribution in [0.15, 0.2) is 24.3 Å². The molecule has 7 nitrogen and oxygen atoms in total. The fourth-order valence-electron chi connectivity index (χ4n) is 5.16. The molecule has 1 aromatic rings. The molecule has 0 aromatic heterocycles. The van der Waals surface area contributed by atoms with E-state index in [2.05, 4.69) is 5.32 Å². The maximum atomic E-state index is 12.8. The molecule has 4 atom stereocenters. The average molecular weight is 383 g/mol. The molecule has 7 heteroatoms. The van der Waals surface area contributed by atoms with Crippen molar-refractivity contribution in [3.05, 3.63) is 29.8 Å². The van der Waals surface area contributed by atoms with Crippen molar-refractivity contribution in [1.29, 1.82) is 0 Å². The van der Waals surface area contributed by atoms with Gasteiger partial charge in [-0.2, -0.15) is 0 Å². The second-order valence-electron chi connectivity index (χ2n) is 8.35. The monoisotopic (exact) mass is 383 g/mol. The molecule has 1 N–H and O–H groups in total. The zero-order valence-corrected chi connectivity index (χ0v) is 16.2. The topological polar surface area (TPSA) is 86.8 Å². The van der Waals surface area contributed by atoms with E-state index >= 15 is 0 Å². The van der Waals surface area contributed by atoms with Gasteiger partial charge in [0.1, 0.15) is 6.54 Å². The van der Waals surface area contributed by atoms with Crippen LogP contribution < -0.4 is 5.32 Å². The molecule has 1 saturated heterocycles. The molecule has 1 aliphatic heterocycles. The van der Waals surface area contributed by atoms with E-state index in [1.165, 1.54) is 6.42 Å². The first kappa shape index (κ1) is 18.7. The summed E-state index contributed by atoms with van der Waals surface area (Å²) in [6.45, 7) is 3.29. The van der Waals surface area contributed by atoms with Crippen molar-refractivity contribution in [2.75, 3.05) is 11.9 Å². The number of aryl methyl sites for hydroxylation is 1. The predicted molar refractivity (Wildman–Crippen MR) is 102 cm³/mol. The highest BCUT2D eigenvalue weighted by Crippen LogP contribution is 2.50. The number of nitrogens with zero attached hydrogens (tertiary/aromatic N) is 2. The lowest BCUT2D eigenvalue weighted by atomic mass is 9.83. The van der Waals surface area contributed by atoms with Crippen LogP contribution in [0, 0.1) is 24.7 Å². The van der Waals surface area contributed by atoms with Gasteiger partial charge in [-0.25, -0.2) is 9.69 Å². The highest BCUT2D eigenvalue weighted by molar-refractivity contribution is 6.45. The Morgan fingerprint density at radius 2 is 1.96 bits per heavy atom. The van der Waals surface area contributed by atoms with Crippen LogP contribution in [0.25, 0.3) is 0 Å². The Morgan fingerprint density at radius 1 is 1.18 bits per heavy atom. The number of benzene rings is 1. The Hall–Kier alpha value is -2.70. The predicted octanol–water partition coefficient (Wildman–Crippen LogP) is 2.55. The van der Waals surface area contributed by atoms with Crippen molar-refractivity contribution in [3.63, 3.8) is 0 Å². The molecule has 3 aliphatic rings. The molecule has 148 valence electrons. The number of amides is 5. The van der Waals surface area contributed by atoms with Gasteiger partial charge in [0.25, 0.3) is 0 Å². The lowest BCUT2D eigenvalue weighted by molar-refractivity contribution is -0.144. The van der Waals surface area contributed by atoms with Crippen LogP contribution in [0.5, 0.6) is 0 Å². The zero-order valence-electron chi connectivity index (χ0n) is 16.2. The highest BCUT2D eigenvalue weighted by atomic mass is 16.2. The fourth-order valence-corrected chi connectivity index (χ4v) is 5.16. The van der Waals surface area contributed by atoms with Gasteiger partial charge < -0.3 is 5.32 Å². The highest BCUT2D eigenvalue weighted by Gasteiger charge is 2.52. The van der Waals surface area contributed by atoms with E-state index in [4.69, 9.17) is 0 Å². The minimum Gasteiger partial charge on any atom is -0.325 e. The van der Waals surface area contributed by atoms with Gasteiger partial charge in [0.2, 0.25) is 5.91 Å². The van der Waals surface area contributed by atoms with Crippen molar-refractivity contribution in [2.24, 2.45) is 17.8 Å². The van der Waals surface area contributed by atoms with Crippen molar-refractivity contribution in [1.82, 2.24) is 9.80 Å². The Kier molecular flexibility index (Phi) is 4.69. The number of carbonyl (C=O) groups is 4. The van der Waals surface area contributed by atoms with E-state index in [1.807, 2.05) is 19.9 Å². The van der Waals surface area contributed by atoms with Crippen LogP contribution in [0.3, 0.4) is 0 Å². The lowest BCUT2D eigenvalue weighted by Gasteiger charge is -2.32. The first-order chi connectivity index (χ1) is 13.3. The summed E-state index contributed by atoms with van der Waals surface area (Å²) >= 11 is 0. The Labute approximate surface area is 164 Å². The number of urea groups is 1. The maximum absolute atomic E-state index is 12.8. The number of anilines is 1. The first-order valence-electron chi connectivity index (χ1n) is 9.90. The van der Waals surface area contributed by atoms with E-state index in [0.29, 0.717) is 17.5 Å². The van der Waals surface area contributed by atoms with Crippen molar-refractivity contribution in [2.45, 2.75) is 45.6 Å². The van der Waals surface area contributed by atoms with Gasteiger partial charge >= 0.3 is 17.8 Å². The molecule has 0 spiro atoms. The minimum atomic E-state index is -0.917. The molecule has 4 rings (SSSR count). The van der Waals surface area contributed by atoms with Crippen LogP contribution in [0.1, 0.15) is 38.2 Å². The van der Waals surface area contributed by atoms with E-state index in [9.17, 15) is 19.2 Å². The summed E-state index contributed by atoms with van der Waals surface area (Å²) in [4.78, 5) is 51.8. The molecular weight excluding hydrogens is 358 g/mol. The summed E-state index contributed by atoms with van der Waals surface area (Å²) < 4.78 is 0. The number of nitrogens with one attached hydrogen (secondary N) is 1. The summed E-state index contributed by atoms with van der Waals surface area (Å²) in [5.74, 6) is -0.787. The van der Waals surface area contributed by atoms with Crippen molar-refractivity contribution < 1.29 is 19.2 Å². The fraction of sp³-hybridized carbons (Fsp3) is 0.524. The van der Waals surface area contributed by atoms with E-state index in [0.717, 1.165) is 34.6 Å². The standard InChI is InChI=1S/C21H25N3O4/c1-12-4-3-5-16(8-12)22-18(25)11-23-19(26)20(27)24(21(23)28)13(2)17-10-14-6-7-15(17)9-14/h3-5,8,13-15,17H,6-7,9-11H2,1-2H3,(H,22,25)/t13-,14-,15-,17-/m0/s1. The van der Waals surface area contributed by atoms with E-state index < -0.39 is 30.3 Å². The van der Waals surface area contributed by atoms with Crippen molar-refractivity contribution >= 4 is 29.4 Å². The second-order valence-corrected chi connectivity index (χ2v) is 8.35. The molecule has 1 aromatic carbocycles. The SMILES string of the molecule is Cc1cccc(NC(=O)CN2C(=O)C(=O)N([C@@H](C)[C@@H]3C[C@H]4CC[C@H]3C4)C2=O)c1. The number of hydrogen-bond acceptors (Lipinski definition) is 4. The smallest absolute Gasteiger partial charge is 0.325 e. The molecule has 28 heavy (non-hydrogen) atoms. The summed E-state index contributed by atoms with van der Waals surface area (Å²) in [7, 11) is 0. The van der Waals surface area contributed by atoms with Crippen LogP contribution in [-0.4, -0.2) is 46.1 Å². The van der Waals surface area contributed by atoms with Gasteiger partial charge in [-0.3, -0.25) is 19.3 Å². The van der Waals surface area contributed by atoms with Gasteiger partial charge in [-0.05, 0) is 68.6 Å². The van der Waals surface area contributed by atoms with Gasteiger partial charge in [0.15, 0.2) is 0 Å². The minimum absolute atomic E-state index is 0.250. The van der Waals surface area contributed by atoms with Gasteiger partial charge in [0.05, 0.1) is 0 Å². The van der Waals surface area contributed by atoms with E-state index in [1.54, 1.807) is 18.2 Å². The van der Waals surface area contributed by atoms with Crippen LogP contribution >= 0.6 is 0 Å².